The predicted octanol–water partition coefficient (Wildman–Crippen LogP) is 4.19. The number of carbonyl (C=O) groups is 3. The zero-order valence-electron chi connectivity index (χ0n) is 26.4. The van der Waals surface area contributed by atoms with Gasteiger partial charge in [0.25, 0.3) is 5.91 Å². The fourth-order valence-corrected chi connectivity index (χ4v) is 6.08. The first kappa shape index (κ1) is 36.0. The lowest BCUT2D eigenvalue weighted by Crippen LogP contribution is -2.39. The number of anilines is 2. The summed E-state index contributed by atoms with van der Waals surface area (Å²) in [7, 11) is -3.26. The molecule has 2 heterocycles. The van der Waals surface area contributed by atoms with E-state index in [-0.39, 0.29) is 35.7 Å². The van der Waals surface area contributed by atoms with Crippen LogP contribution in [-0.4, -0.2) is 61.5 Å². The second-order valence-corrected chi connectivity index (χ2v) is 14.8. The van der Waals surface area contributed by atoms with Crippen molar-refractivity contribution >= 4 is 49.9 Å². The number of nitrogens with zero attached hydrogens (tertiary/aromatic N) is 1. The third-order valence-electron chi connectivity index (χ3n) is 6.98. The maximum absolute atomic E-state index is 15.1. The van der Waals surface area contributed by atoms with Crippen molar-refractivity contribution < 1.29 is 37.0 Å². The Morgan fingerprint density at radius 3 is 2.42 bits per heavy atom. The molecule has 48 heavy (non-hydrogen) atoms. The van der Waals surface area contributed by atoms with E-state index in [0.717, 1.165) is 23.2 Å². The van der Waals surface area contributed by atoms with Crippen LogP contribution in [0.4, 0.5) is 20.0 Å². The van der Waals surface area contributed by atoms with Crippen LogP contribution in [0.5, 0.6) is 0 Å². The van der Waals surface area contributed by atoms with E-state index < -0.39 is 51.8 Å². The molecular weight excluding hydrogens is 662 g/mol. The van der Waals surface area contributed by atoms with Gasteiger partial charge >= 0.3 is 6.09 Å². The van der Waals surface area contributed by atoms with E-state index >= 15 is 4.39 Å². The molecule has 0 spiro atoms. The van der Waals surface area contributed by atoms with Crippen LogP contribution >= 0.6 is 11.3 Å². The van der Waals surface area contributed by atoms with Gasteiger partial charge in [-0.15, -0.1) is 11.3 Å². The number of carbonyl (C=O) groups excluding carboxylic acids is 3. The van der Waals surface area contributed by atoms with E-state index in [4.69, 9.17) is 10.5 Å². The highest BCUT2D eigenvalue weighted by molar-refractivity contribution is 7.90. The number of primary amides is 1. The van der Waals surface area contributed by atoms with Gasteiger partial charge in [-0.3, -0.25) is 9.59 Å². The summed E-state index contributed by atoms with van der Waals surface area (Å²) in [4.78, 5) is 42.2. The minimum Gasteiger partial charge on any atom is -0.439 e. The van der Waals surface area contributed by atoms with Crippen molar-refractivity contribution in [2.24, 2.45) is 5.73 Å². The first-order valence-electron chi connectivity index (χ1n) is 14.7. The SMILES string of the molecule is CC(C)(O)c1ccc(-c2cc(C(N)=O)c(Nc3cccc(C(Cc4ccccc4)OC(=O)NCC(=O)NCCS(C)(=O)=O)n3)s2)c(F)c1. The van der Waals surface area contributed by atoms with Crippen LogP contribution < -0.4 is 21.7 Å². The molecule has 4 aromatic rings. The van der Waals surface area contributed by atoms with Crippen molar-refractivity contribution in [2.45, 2.75) is 32.0 Å². The molecule has 254 valence electrons. The first-order chi connectivity index (χ1) is 22.6. The van der Waals surface area contributed by atoms with E-state index in [1.165, 1.54) is 18.2 Å². The van der Waals surface area contributed by atoms with Crippen LogP contribution in [0.1, 0.15) is 47.1 Å². The molecule has 0 aliphatic heterocycles. The molecule has 15 heteroatoms. The number of hydrogen-bond acceptors (Lipinski definition) is 10. The molecule has 12 nitrogen and oxygen atoms in total. The van der Waals surface area contributed by atoms with Crippen LogP contribution in [-0.2, 0) is 31.4 Å². The monoisotopic (exact) mass is 697 g/mol. The zero-order chi connectivity index (χ0) is 35.1. The number of halogens is 1. The Hall–Kier alpha value is -4.86. The van der Waals surface area contributed by atoms with Crippen LogP contribution in [0.15, 0.2) is 72.8 Å². The normalized spacial score (nSPS) is 12.2. The summed E-state index contributed by atoms with van der Waals surface area (Å²) >= 11 is 1.09. The molecule has 0 bridgehead atoms. The Balaban J connectivity index is 1.54. The van der Waals surface area contributed by atoms with E-state index in [0.29, 0.717) is 21.1 Å². The zero-order valence-corrected chi connectivity index (χ0v) is 28.1. The lowest BCUT2D eigenvalue weighted by atomic mass is 9.96. The average molecular weight is 698 g/mol. The van der Waals surface area contributed by atoms with E-state index in [1.54, 1.807) is 38.1 Å². The lowest BCUT2D eigenvalue weighted by Gasteiger charge is -2.19. The van der Waals surface area contributed by atoms with Crippen molar-refractivity contribution in [3.05, 3.63) is 101 Å². The van der Waals surface area contributed by atoms with Crippen molar-refractivity contribution in [3.8, 4) is 10.4 Å². The summed E-state index contributed by atoms with van der Waals surface area (Å²) < 4.78 is 43.3. The van der Waals surface area contributed by atoms with Crippen LogP contribution in [0.2, 0.25) is 0 Å². The molecule has 4 rings (SSSR count). The summed E-state index contributed by atoms with van der Waals surface area (Å²) in [5.74, 6) is -1.86. The van der Waals surface area contributed by atoms with Gasteiger partial charge < -0.3 is 31.5 Å². The number of amides is 3. The summed E-state index contributed by atoms with van der Waals surface area (Å²) in [6.45, 7) is 2.57. The van der Waals surface area contributed by atoms with Crippen molar-refractivity contribution in [1.82, 2.24) is 15.6 Å². The highest BCUT2D eigenvalue weighted by Gasteiger charge is 2.23. The van der Waals surface area contributed by atoms with Gasteiger partial charge in [0.2, 0.25) is 5.91 Å². The largest absolute Gasteiger partial charge is 0.439 e. The minimum atomic E-state index is -3.26. The number of hydrogen-bond donors (Lipinski definition) is 5. The molecular formula is C33H36FN5O7S2. The molecule has 0 aliphatic carbocycles. The Morgan fingerprint density at radius 2 is 1.77 bits per heavy atom. The first-order valence-corrected chi connectivity index (χ1v) is 17.6. The number of pyridine rings is 1. The summed E-state index contributed by atoms with van der Waals surface area (Å²) in [6.07, 6.45) is -0.512. The molecule has 2 aromatic heterocycles. The highest BCUT2D eigenvalue weighted by atomic mass is 32.2. The van der Waals surface area contributed by atoms with Gasteiger partial charge in [0, 0.05) is 29.7 Å². The van der Waals surface area contributed by atoms with Crippen molar-refractivity contribution in [2.75, 3.05) is 30.4 Å². The third kappa shape index (κ3) is 10.3. The Bertz CT molecular complexity index is 1890. The van der Waals surface area contributed by atoms with Gasteiger partial charge in [0.15, 0.2) is 0 Å². The fourth-order valence-electron chi connectivity index (χ4n) is 4.51. The molecule has 6 N–H and O–H groups in total. The second kappa shape index (κ2) is 15.4. The Kier molecular flexibility index (Phi) is 11.5. The van der Waals surface area contributed by atoms with Crippen LogP contribution in [0.25, 0.3) is 10.4 Å². The minimum absolute atomic E-state index is 0.0960. The van der Waals surface area contributed by atoms with Gasteiger partial charge in [0.05, 0.1) is 29.2 Å². The maximum Gasteiger partial charge on any atom is 0.408 e. The quantitative estimate of drug-likeness (QED) is 0.129. The van der Waals surface area contributed by atoms with Crippen LogP contribution in [0, 0.1) is 5.82 Å². The van der Waals surface area contributed by atoms with Crippen LogP contribution in [0.3, 0.4) is 0 Å². The van der Waals surface area contributed by atoms with Crippen molar-refractivity contribution in [3.63, 3.8) is 0 Å². The maximum atomic E-state index is 15.1. The summed E-state index contributed by atoms with van der Waals surface area (Å²) in [5, 5.41) is 18.4. The smallest absolute Gasteiger partial charge is 0.408 e. The highest BCUT2D eigenvalue weighted by Crippen LogP contribution is 2.39. The van der Waals surface area contributed by atoms with Gasteiger partial charge in [-0.2, -0.15) is 0 Å². The number of rotatable bonds is 14. The standard InChI is InChI=1S/C33H36FN5O7S2/c1-33(2,43)21-12-13-22(24(34)17-21)27-18-23(30(35)41)31(47-27)39-28-11-7-10-25(38-28)26(16-20-8-5-4-6-9-20)46-32(42)37-19-29(40)36-14-15-48(3,44)45/h4-13,17-18,26,43H,14-16,19H2,1-3H3,(H2,35,41)(H,36,40)(H,37,42)(H,38,39). The molecule has 1 unspecified atom stereocenters. The molecule has 0 saturated carbocycles. The number of alkyl carbamates (subject to hydrolysis) is 1. The van der Waals surface area contributed by atoms with Gasteiger partial charge in [-0.25, -0.2) is 22.6 Å². The number of sulfone groups is 1. The Morgan fingerprint density at radius 1 is 1.04 bits per heavy atom. The summed E-state index contributed by atoms with van der Waals surface area (Å²) in [6, 6.07) is 20.0. The summed E-state index contributed by atoms with van der Waals surface area (Å²) in [5.41, 5.74) is 6.32. The topological polar surface area (TPSA) is 190 Å². The second-order valence-electron chi connectivity index (χ2n) is 11.5. The van der Waals surface area contributed by atoms with Gasteiger partial charge in [0.1, 0.15) is 32.6 Å². The fraction of sp³-hybridized carbons (Fsp3) is 0.273. The Labute approximate surface area is 281 Å². The number of nitrogens with two attached hydrogens (primary N) is 1. The molecule has 0 radical (unpaired) electrons. The average Bonchev–Trinajstić information content (AvgIpc) is 3.43. The number of nitrogens with one attached hydrogen (secondary N) is 3. The van der Waals surface area contributed by atoms with E-state index in [2.05, 4.69) is 20.9 Å². The van der Waals surface area contributed by atoms with Crippen molar-refractivity contribution in [1.29, 1.82) is 0 Å². The van der Waals surface area contributed by atoms with Gasteiger partial charge in [-0.05, 0) is 49.2 Å². The number of aliphatic hydroxyl groups is 1. The molecule has 3 amide bonds. The predicted molar refractivity (Wildman–Crippen MR) is 181 cm³/mol. The van der Waals surface area contributed by atoms with E-state index in [9.17, 15) is 27.9 Å². The molecule has 0 saturated heterocycles. The third-order valence-corrected chi connectivity index (χ3v) is 9.01. The molecule has 1 atom stereocenters. The molecule has 0 fully saturated rings. The number of benzene rings is 2. The number of thiophene rings is 1. The lowest BCUT2D eigenvalue weighted by molar-refractivity contribution is -0.120. The van der Waals surface area contributed by atoms with E-state index in [1.807, 2.05) is 30.3 Å². The molecule has 0 aliphatic rings. The molecule has 2 aromatic carbocycles. The number of ether oxygens (including phenoxy) is 1. The number of aromatic nitrogens is 1. The van der Waals surface area contributed by atoms with Gasteiger partial charge in [-0.1, -0.05) is 48.5 Å².